The maximum Gasteiger partial charge on any atom is 0.311 e. The number of thiocarbonyl (C=S) groups is 1. The summed E-state index contributed by atoms with van der Waals surface area (Å²) in [6.07, 6.45) is 1.38. The average Bonchev–Trinajstić information content (AvgIpc) is 3.35. The quantitative estimate of drug-likeness (QED) is 0.246. The lowest BCUT2D eigenvalue weighted by molar-refractivity contribution is -0.385. The van der Waals surface area contributed by atoms with E-state index in [0.717, 1.165) is 6.07 Å². The Labute approximate surface area is 199 Å². The summed E-state index contributed by atoms with van der Waals surface area (Å²) in [6.45, 7) is 1.93. The van der Waals surface area contributed by atoms with Crippen LogP contribution in [0.1, 0.15) is 27.8 Å². The van der Waals surface area contributed by atoms with Gasteiger partial charge in [-0.1, -0.05) is 0 Å². The number of methoxy groups -OCH3 is 1. The number of nitro benzene ring substituents is 1. The molecule has 0 aliphatic carbocycles. The number of nitro groups is 1. The van der Waals surface area contributed by atoms with E-state index in [0.29, 0.717) is 17.1 Å². The van der Waals surface area contributed by atoms with Crippen molar-refractivity contribution in [1.29, 1.82) is 0 Å². The van der Waals surface area contributed by atoms with E-state index >= 15 is 0 Å². The number of amides is 2. The van der Waals surface area contributed by atoms with E-state index in [4.69, 9.17) is 26.1 Å². The molecule has 0 unspecified atom stereocenters. The molecule has 2 amide bonds. The maximum atomic E-state index is 12.6. The van der Waals surface area contributed by atoms with Crippen LogP contribution in [0.4, 0.5) is 17.1 Å². The standard InChI is InChI=1S/C22H20N4O7S/c1-3-32-18-8-6-13(11-16(18)26(29)30)20(27)25-22(34)24-15-12-14(7-9-17(15)31-2)23-21(28)19-5-4-10-33-19/h4-12H,3H2,1-2H3,(H,23,28)(H2,24,25,27,34). The number of nitrogens with one attached hydrogen (secondary N) is 3. The van der Waals surface area contributed by atoms with E-state index in [2.05, 4.69) is 16.0 Å². The lowest BCUT2D eigenvalue weighted by atomic mass is 10.1. The summed E-state index contributed by atoms with van der Waals surface area (Å²) in [5.41, 5.74) is 0.462. The highest BCUT2D eigenvalue weighted by Crippen LogP contribution is 2.29. The first-order chi connectivity index (χ1) is 16.3. The van der Waals surface area contributed by atoms with Crippen LogP contribution in [-0.2, 0) is 0 Å². The van der Waals surface area contributed by atoms with Gasteiger partial charge in [0.05, 0.1) is 30.6 Å². The van der Waals surface area contributed by atoms with Crippen LogP contribution in [0.15, 0.2) is 59.2 Å². The number of carbonyl (C=O) groups is 2. The summed E-state index contributed by atoms with van der Waals surface area (Å²) in [7, 11) is 1.45. The van der Waals surface area contributed by atoms with Crippen molar-refractivity contribution in [2.75, 3.05) is 24.4 Å². The predicted molar refractivity (Wildman–Crippen MR) is 128 cm³/mol. The minimum Gasteiger partial charge on any atom is -0.495 e. The molecule has 0 spiro atoms. The zero-order valence-corrected chi connectivity index (χ0v) is 18.9. The summed E-state index contributed by atoms with van der Waals surface area (Å²) in [5, 5.41) is 19.2. The van der Waals surface area contributed by atoms with Crippen LogP contribution in [0.25, 0.3) is 0 Å². The smallest absolute Gasteiger partial charge is 0.311 e. The Morgan fingerprint density at radius 2 is 1.85 bits per heavy atom. The van der Waals surface area contributed by atoms with Crippen LogP contribution in [0.3, 0.4) is 0 Å². The van der Waals surface area contributed by atoms with Crippen LogP contribution < -0.4 is 25.4 Å². The molecule has 3 rings (SSSR count). The van der Waals surface area contributed by atoms with Crippen molar-refractivity contribution in [3.8, 4) is 11.5 Å². The van der Waals surface area contributed by atoms with E-state index in [-0.39, 0.29) is 34.5 Å². The van der Waals surface area contributed by atoms with Crippen molar-refractivity contribution in [2.24, 2.45) is 0 Å². The minimum atomic E-state index is -0.662. The van der Waals surface area contributed by atoms with E-state index in [9.17, 15) is 19.7 Å². The highest BCUT2D eigenvalue weighted by atomic mass is 32.1. The molecule has 11 nitrogen and oxygen atoms in total. The summed E-state index contributed by atoms with van der Waals surface area (Å²) in [5.74, 6) is -0.524. The monoisotopic (exact) mass is 484 g/mol. The Balaban J connectivity index is 1.72. The third-order valence-electron chi connectivity index (χ3n) is 4.40. The maximum absolute atomic E-state index is 12.6. The molecule has 1 aromatic heterocycles. The van der Waals surface area contributed by atoms with Crippen LogP contribution in [0.5, 0.6) is 11.5 Å². The molecule has 0 fully saturated rings. The van der Waals surface area contributed by atoms with Gasteiger partial charge < -0.3 is 24.5 Å². The third-order valence-corrected chi connectivity index (χ3v) is 4.60. The van der Waals surface area contributed by atoms with Crippen molar-refractivity contribution >= 4 is 46.2 Å². The number of carbonyl (C=O) groups excluding carboxylic acids is 2. The fourth-order valence-corrected chi connectivity index (χ4v) is 3.09. The highest BCUT2D eigenvalue weighted by molar-refractivity contribution is 7.80. The Morgan fingerprint density at radius 1 is 1.09 bits per heavy atom. The van der Waals surface area contributed by atoms with E-state index in [1.165, 1.54) is 31.6 Å². The number of hydrogen-bond acceptors (Lipinski definition) is 8. The van der Waals surface area contributed by atoms with Crippen LogP contribution in [-0.4, -0.2) is 35.6 Å². The second-order valence-corrected chi connectivity index (χ2v) is 7.04. The largest absolute Gasteiger partial charge is 0.495 e. The molecule has 0 saturated heterocycles. The SMILES string of the molecule is CCOc1ccc(C(=O)NC(=S)Nc2cc(NC(=O)c3ccco3)ccc2OC)cc1[N+](=O)[O-]. The molecule has 0 radical (unpaired) electrons. The molecule has 2 aromatic carbocycles. The van der Waals surface area contributed by atoms with Gasteiger partial charge in [0.25, 0.3) is 11.8 Å². The van der Waals surface area contributed by atoms with Gasteiger partial charge in [0.2, 0.25) is 0 Å². The summed E-state index contributed by atoms with van der Waals surface area (Å²) >= 11 is 5.21. The first kappa shape index (κ1) is 24.2. The number of benzene rings is 2. The normalized spacial score (nSPS) is 10.2. The van der Waals surface area contributed by atoms with Crippen molar-refractivity contribution in [2.45, 2.75) is 6.92 Å². The molecular formula is C22H20N4O7S. The second kappa shape index (κ2) is 10.9. The van der Waals surface area contributed by atoms with Gasteiger partial charge in [-0.15, -0.1) is 0 Å². The molecule has 0 aliphatic rings. The van der Waals surface area contributed by atoms with Gasteiger partial charge in [-0.05, 0) is 61.6 Å². The molecule has 34 heavy (non-hydrogen) atoms. The van der Waals surface area contributed by atoms with Gasteiger partial charge >= 0.3 is 5.69 Å². The lowest BCUT2D eigenvalue weighted by Gasteiger charge is -2.14. The molecule has 12 heteroatoms. The summed E-state index contributed by atoms with van der Waals surface area (Å²) in [6, 6.07) is 11.7. The number of nitrogens with zero attached hydrogens (tertiary/aromatic N) is 1. The first-order valence-electron chi connectivity index (χ1n) is 9.88. The Morgan fingerprint density at radius 3 is 2.50 bits per heavy atom. The summed E-state index contributed by atoms with van der Waals surface area (Å²) < 4.78 is 15.6. The molecule has 3 N–H and O–H groups in total. The Hall–Kier alpha value is -4.45. The van der Waals surface area contributed by atoms with Gasteiger partial charge in [-0.25, -0.2) is 0 Å². The van der Waals surface area contributed by atoms with Gasteiger partial charge in [-0.3, -0.25) is 25.0 Å². The molecule has 0 bridgehead atoms. The Bertz CT molecular complexity index is 1230. The fraction of sp³-hybridized carbons (Fsp3) is 0.136. The average molecular weight is 484 g/mol. The molecular weight excluding hydrogens is 464 g/mol. The van der Waals surface area contributed by atoms with E-state index < -0.39 is 16.7 Å². The third kappa shape index (κ3) is 5.86. The van der Waals surface area contributed by atoms with E-state index in [1.807, 2.05) is 0 Å². The number of ether oxygens (including phenoxy) is 2. The number of anilines is 2. The molecule has 0 aliphatic heterocycles. The number of rotatable bonds is 8. The fourth-order valence-electron chi connectivity index (χ4n) is 2.89. The van der Waals surface area contributed by atoms with Crippen molar-refractivity contribution in [1.82, 2.24) is 5.32 Å². The molecule has 0 atom stereocenters. The number of hydrogen-bond donors (Lipinski definition) is 3. The van der Waals surface area contributed by atoms with Gasteiger partial charge in [0, 0.05) is 17.3 Å². The van der Waals surface area contributed by atoms with Crippen LogP contribution >= 0.6 is 12.2 Å². The van der Waals surface area contributed by atoms with Crippen LogP contribution in [0, 0.1) is 10.1 Å². The topological polar surface area (TPSA) is 145 Å². The minimum absolute atomic E-state index is 0.0192. The number of furan rings is 1. The lowest BCUT2D eigenvalue weighted by Crippen LogP contribution is -2.34. The van der Waals surface area contributed by atoms with Crippen LogP contribution in [0.2, 0.25) is 0 Å². The Kier molecular flexibility index (Phi) is 7.77. The van der Waals surface area contributed by atoms with Gasteiger partial charge in [0.15, 0.2) is 16.6 Å². The zero-order chi connectivity index (χ0) is 24.7. The van der Waals surface area contributed by atoms with Crippen molar-refractivity contribution in [3.63, 3.8) is 0 Å². The summed E-state index contributed by atoms with van der Waals surface area (Å²) in [4.78, 5) is 35.5. The second-order valence-electron chi connectivity index (χ2n) is 6.63. The molecule has 0 saturated carbocycles. The van der Waals surface area contributed by atoms with E-state index in [1.54, 1.807) is 31.2 Å². The van der Waals surface area contributed by atoms with Gasteiger partial charge in [-0.2, -0.15) is 0 Å². The van der Waals surface area contributed by atoms with Crippen molar-refractivity contribution < 1.29 is 28.4 Å². The molecule has 1 heterocycles. The molecule has 176 valence electrons. The highest BCUT2D eigenvalue weighted by Gasteiger charge is 2.19. The first-order valence-corrected chi connectivity index (χ1v) is 10.3. The predicted octanol–water partition coefficient (Wildman–Crippen LogP) is 3.97. The van der Waals surface area contributed by atoms with Crippen molar-refractivity contribution in [3.05, 3.63) is 76.2 Å². The zero-order valence-electron chi connectivity index (χ0n) is 18.1. The van der Waals surface area contributed by atoms with Gasteiger partial charge in [0.1, 0.15) is 5.75 Å². The molecule has 3 aromatic rings.